The molecular formula is C32H44N6O5. The van der Waals surface area contributed by atoms with Crippen LogP contribution in [0.5, 0.6) is 0 Å². The Hall–Kier alpha value is -3.46. The summed E-state index contributed by atoms with van der Waals surface area (Å²) < 4.78 is 19.1. The molecule has 4 heterocycles. The van der Waals surface area contributed by atoms with Crippen LogP contribution >= 0.6 is 0 Å². The fourth-order valence-corrected chi connectivity index (χ4v) is 6.09. The minimum absolute atomic E-state index is 0.0562. The maximum Gasteiger partial charge on any atom is 0.412 e. The van der Waals surface area contributed by atoms with Gasteiger partial charge in [-0.25, -0.2) is 9.48 Å². The third-order valence-electron chi connectivity index (χ3n) is 8.58. The molecule has 3 fully saturated rings. The highest BCUT2D eigenvalue weighted by Crippen LogP contribution is 2.31. The van der Waals surface area contributed by atoms with Crippen LogP contribution in [-0.4, -0.2) is 101 Å². The summed E-state index contributed by atoms with van der Waals surface area (Å²) in [6.07, 6.45) is 6.48. The lowest BCUT2D eigenvalue weighted by Crippen LogP contribution is -2.52. The van der Waals surface area contributed by atoms with Crippen molar-refractivity contribution < 1.29 is 23.8 Å². The lowest BCUT2D eigenvalue weighted by molar-refractivity contribution is -0.142. The molecule has 1 aromatic carbocycles. The minimum Gasteiger partial charge on any atom is -0.436 e. The summed E-state index contributed by atoms with van der Waals surface area (Å²) in [6.45, 7) is 11.2. The summed E-state index contributed by atoms with van der Waals surface area (Å²) in [7, 11) is 0. The molecule has 11 heteroatoms. The zero-order valence-corrected chi connectivity index (χ0v) is 25.5. The second-order valence-electron chi connectivity index (χ2n) is 12.0. The molecule has 0 saturated carbocycles. The van der Waals surface area contributed by atoms with E-state index in [4.69, 9.17) is 14.2 Å². The summed E-state index contributed by atoms with van der Waals surface area (Å²) in [5.74, 6) is 5.75. The summed E-state index contributed by atoms with van der Waals surface area (Å²) in [5, 5.41) is 11.1. The molecule has 3 aliphatic heterocycles. The first-order valence-corrected chi connectivity index (χ1v) is 15.5. The van der Waals surface area contributed by atoms with Gasteiger partial charge in [0.2, 0.25) is 5.91 Å². The SMILES string of the molecule is Cc1cccc(NC(=O)OCC#Cc2cn([C@H](C)C[C@@H]3CC[C@H]([C@@H](C)C(=O)N4CCN(CC5CCCO5)CC4)O3)nn2)c1. The minimum atomic E-state index is -0.560. The molecule has 3 saturated heterocycles. The van der Waals surface area contributed by atoms with Crippen LogP contribution in [0.1, 0.15) is 63.3 Å². The summed E-state index contributed by atoms with van der Waals surface area (Å²) in [5.41, 5.74) is 2.23. The van der Waals surface area contributed by atoms with Crippen LogP contribution in [0, 0.1) is 24.7 Å². The first kappa shape index (κ1) is 31.0. The number of nitrogens with one attached hydrogen (secondary N) is 1. The van der Waals surface area contributed by atoms with E-state index >= 15 is 0 Å². The van der Waals surface area contributed by atoms with Crippen molar-refractivity contribution in [1.82, 2.24) is 24.8 Å². The van der Waals surface area contributed by atoms with Gasteiger partial charge >= 0.3 is 6.09 Å². The van der Waals surface area contributed by atoms with E-state index in [1.54, 1.807) is 16.9 Å². The van der Waals surface area contributed by atoms with Gasteiger partial charge in [0.05, 0.1) is 36.5 Å². The molecule has 0 spiro atoms. The Morgan fingerprint density at radius 3 is 2.74 bits per heavy atom. The molecule has 1 unspecified atom stereocenters. The molecule has 2 amide bonds. The fourth-order valence-electron chi connectivity index (χ4n) is 6.09. The average molecular weight is 593 g/mol. The average Bonchev–Trinajstić information content (AvgIpc) is 3.78. The van der Waals surface area contributed by atoms with Crippen LogP contribution in [-0.2, 0) is 19.0 Å². The van der Waals surface area contributed by atoms with Crippen LogP contribution in [0.2, 0.25) is 0 Å². The molecule has 5 rings (SSSR count). The van der Waals surface area contributed by atoms with Gasteiger partial charge in [0, 0.05) is 45.0 Å². The second-order valence-corrected chi connectivity index (χ2v) is 12.0. The zero-order chi connectivity index (χ0) is 30.2. The van der Waals surface area contributed by atoms with Gasteiger partial charge in [-0.15, -0.1) is 5.10 Å². The van der Waals surface area contributed by atoms with Gasteiger partial charge in [0.15, 0.2) is 12.3 Å². The van der Waals surface area contributed by atoms with Crippen molar-refractivity contribution in [2.75, 3.05) is 51.3 Å². The number of rotatable bonds is 9. The molecule has 3 aliphatic rings. The number of nitrogens with zero attached hydrogens (tertiary/aromatic N) is 5. The summed E-state index contributed by atoms with van der Waals surface area (Å²) >= 11 is 0. The molecule has 0 radical (unpaired) electrons. The largest absolute Gasteiger partial charge is 0.436 e. The molecule has 1 N–H and O–H groups in total. The lowest BCUT2D eigenvalue weighted by atomic mass is 9.99. The van der Waals surface area contributed by atoms with E-state index in [1.165, 1.54) is 0 Å². The molecule has 11 nitrogen and oxygen atoms in total. The number of amides is 2. The maximum atomic E-state index is 13.3. The van der Waals surface area contributed by atoms with Gasteiger partial charge < -0.3 is 19.1 Å². The van der Waals surface area contributed by atoms with Crippen molar-refractivity contribution in [2.45, 2.75) is 77.2 Å². The third-order valence-corrected chi connectivity index (χ3v) is 8.58. The number of hydrogen-bond donors (Lipinski definition) is 1. The van der Waals surface area contributed by atoms with Gasteiger partial charge in [0.25, 0.3) is 0 Å². The number of hydrogen-bond acceptors (Lipinski definition) is 8. The Morgan fingerprint density at radius 1 is 1.14 bits per heavy atom. The van der Waals surface area contributed by atoms with Crippen LogP contribution in [0.25, 0.3) is 0 Å². The van der Waals surface area contributed by atoms with Crippen molar-refractivity contribution in [3.63, 3.8) is 0 Å². The molecule has 0 bridgehead atoms. The maximum absolute atomic E-state index is 13.3. The molecule has 0 aliphatic carbocycles. The standard InChI is InChI=1S/C32H44N6O5/c1-23-7-4-8-26(19-23)33-32(40)42-18-5-9-27-21-38(35-34-27)24(2)20-28-11-12-30(43-28)25(3)31(39)37-15-13-36(14-16-37)22-29-10-6-17-41-29/h4,7-8,19,21,24-25,28-30H,6,10-18,20,22H2,1-3H3,(H,33,40)/t24-,25-,28+,29?,30-/m1/s1. The molecule has 5 atom stereocenters. The molecule has 232 valence electrons. The van der Waals surface area contributed by atoms with Gasteiger partial charge in [0.1, 0.15) is 0 Å². The number of ether oxygens (including phenoxy) is 3. The summed E-state index contributed by atoms with van der Waals surface area (Å²) in [4.78, 5) is 29.7. The molecule has 1 aromatic heterocycles. The Labute approximate surface area is 254 Å². The lowest BCUT2D eigenvalue weighted by Gasteiger charge is -2.37. The van der Waals surface area contributed by atoms with E-state index in [2.05, 4.69) is 39.3 Å². The van der Waals surface area contributed by atoms with Gasteiger partial charge in [-0.05, 0) is 69.6 Å². The quantitative estimate of drug-likeness (QED) is 0.440. The highest BCUT2D eigenvalue weighted by Gasteiger charge is 2.36. The number of carbonyl (C=O) groups is 2. The molecule has 2 aromatic rings. The number of carbonyl (C=O) groups excluding carboxylic acids is 2. The van der Waals surface area contributed by atoms with Crippen LogP contribution in [0.15, 0.2) is 30.5 Å². The highest BCUT2D eigenvalue weighted by molar-refractivity contribution is 5.84. The highest BCUT2D eigenvalue weighted by atomic mass is 16.5. The van der Waals surface area contributed by atoms with Gasteiger partial charge in [-0.2, -0.15) is 0 Å². The number of benzene rings is 1. The Balaban J connectivity index is 1.01. The Bertz CT molecular complexity index is 1290. The monoisotopic (exact) mass is 592 g/mol. The van der Waals surface area contributed by atoms with Crippen molar-refractivity contribution in [1.29, 1.82) is 0 Å². The van der Waals surface area contributed by atoms with Crippen LogP contribution in [0.4, 0.5) is 10.5 Å². The topological polar surface area (TPSA) is 111 Å². The van der Waals surface area contributed by atoms with Crippen molar-refractivity contribution in [3.05, 3.63) is 41.7 Å². The van der Waals surface area contributed by atoms with Crippen molar-refractivity contribution in [2.24, 2.45) is 5.92 Å². The number of anilines is 1. The van der Waals surface area contributed by atoms with Crippen LogP contribution < -0.4 is 5.32 Å². The zero-order valence-electron chi connectivity index (χ0n) is 25.5. The van der Waals surface area contributed by atoms with Crippen LogP contribution in [0.3, 0.4) is 0 Å². The van der Waals surface area contributed by atoms with E-state index in [9.17, 15) is 9.59 Å². The van der Waals surface area contributed by atoms with E-state index in [-0.39, 0.29) is 36.7 Å². The summed E-state index contributed by atoms with van der Waals surface area (Å²) in [6, 6.07) is 7.54. The first-order chi connectivity index (χ1) is 20.8. The Kier molecular flexibility index (Phi) is 10.7. The number of aryl methyl sites for hydroxylation is 1. The molecular weight excluding hydrogens is 548 g/mol. The van der Waals surface area contributed by atoms with E-state index in [0.29, 0.717) is 17.5 Å². The molecule has 43 heavy (non-hydrogen) atoms. The third kappa shape index (κ3) is 8.78. The van der Waals surface area contributed by atoms with Crippen molar-refractivity contribution >= 4 is 17.7 Å². The number of aromatic nitrogens is 3. The van der Waals surface area contributed by atoms with E-state index in [0.717, 1.165) is 77.0 Å². The van der Waals surface area contributed by atoms with E-state index in [1.807, 2.05) is 36.9 Å². The van der Waals surface area contributed by atoms with Gasteiger partial charge in [-0.1, -0.05) is 30.2 Å². The second kappa shape index (κ2) is 14.8. The van der Waals surface area contributed by atoms with Crippen molar-refractivity contribution in [3.8, 4) is 11.8 Å². The van der Waals surface area contributed by atoms with E-state index < -0.39 is 6.09 Å². The normalized spacial score (nSPS) is 23.8. The Morgan fingerprint density at radius 2 is 1.98 bits per heavy atom. The fraction of sp³-hybridized carbons (Fsp3) is 0.625. The van der Waals surface area contributed by atoms with Gasteiger partial charge in [-0.3, -0.25) is 15.0 Å². The first-order valence-electron chi connectivity index (χ1n) is 15.5. The smallest absolute Gasteiger partial charge is 0.412 e. The predicted molar refractivity (Wildman–Crippen MR) is 161 cm³/mol. The number of piperazine rings is 1. The predicted octanol–water partition coefficient (Wildman–Crippen LogP) is 3.64.